The van der Waals surface area contributed by atoms with Gasteiger partial charge in [-0.15, -0.1) is 0 Å². The van der Waals surface area contributed by atoms with E-state index in [9.17, 15) is 4.79 Å². The number of anilines is 1. The molecule has 0 unspecified atom stereocenters. The zero-order valence-corrected chi connectivity index (χ0v) is 13.5. The van der Waals surface area contributed by atoms with E-state index in [4.69, 9.17) is 9.47 Å². The Hall–Kier alpha value is -1.89. The van der Waals surface area contributed by atoms with Crippen molar-refractivity contribution in [2.45, 2.75) is 44.8 Å². The van der Waals surface area contributed by atoms with Gasteiger partial charge in [0.2, 0.25) is 0 Å². The highest BCUT2D eigenvalue weighted by Gasteiger charge is 2.31. The SMILES string of the molecule is CCOc1nccnc1NC1CCN(C(=O)[C@H]2CCCO2)CC1. The van der Waals surface area contributed by atoms with Gasteiger partial charge in [0.1, 0.15) is 6.10 Å². The molecule has 0 spiro atoms. The summed E-state index contributed by atoms with van der Waals surface area (Å²) in [5, 5.41) is 3.40. The number of nitrogens with one attached hydrogen (secondary N) is 1. The van der Waals surface area contributed by atoms with E-state index in [-0.39, 0.29) is 18.1 Å². The van der Waals surface area contributed by atoms with Gasteiger partial charge in [0, 0.05) is 38.1 Å². The average molecular weight is 320 g/mol. The Morgan fingerprint density at radius 2 is 2.13 bits per heavy atom. The lowest BCUT2D eigenvalue weighted by molar-refractivity contribution is -0.141. The van der Waals surface area contributed by atoms with Crippen molar-refractivity contribution in [3.63, 3.8) is 0 Å². The highest BCUT2D eigenvalue weighted by molar-refractivity contribution is 5.81. The minimum atomic E-state index is -0.218. The predicted octanol–water partition coefficient (Wildman–Crippen LogP) is 1.46. The smallest absolute Gasteiger partial charge is 0.257 e. The molecule has 2 saturated heterocycles. The maximum absolute atomic E-state index is 12.3. The van der Waals surface area contributed by atoms with Crippen LogP contribution in [0.3, 0.4) is 0 Å². The normalized spacial score (nSPS) is 22.1. The van der Waals surface area contributed by atoms with Crippen LogP contribution in [0.1, 0.15) is 32.6 Å². The molecule has 1 N–H and O–H groups in total. The van der Waals surface area contributed by atoms with E-state index in [1.807, 2.05) is 11.8 Å². The third kappa shape index (κ3) is 3.90. The van der Waals surface area contributed by atoms with E-state index in [1.54, 1.807) is 12.4 Å². The maximum atomic E-state index is 12.3. The van der Waals surface area contributed by atoms with Gasteiger partial charge >= 0.3 is 0 Å². The van der Waals surface area contributed by atoms with Crippen LogP contribution in [-0.4, -0.2) is 59.2 Å². The van der Waals surface area contributed by atoms with E-state index in [1.165, 1.54) is 0 Å². The Balaban J connectivity index is 1.52. The maximum Gasteiger partial charge on any atom is 0.257 e. The second kappa shape index (κ2) is 7.59. The Kier molecular flexibility index (Phi) is 5.27. The number of ether oxygens (including phenoxy) is 2. The van der Waals surface area contributed by atoms with E-state index in [2.05, 4.69) is 15.3 Å². The molecule has 0 radical (unpaired) electrons. The van der Waals surface area contributed by atoms with Crippen LogP contribution in [0, 0.1) is 0 Å². The number of rotatable bonds is 5. The van der Waals surface area contributed by atoms with Crippen molar-refractivity contribution >= 4 is 11.7 Å². The number of carbonyl (C=O) groups excluding carboxylic acids is 1. The van der Waals surface area contributed by atoms with Crippen molar-refractivity contribution in [2.24, 2.45) is 0 Å². The molecule has 3 rings (SSSR count). The molecule has 0 bridgehead atoms. The van der Waals surface area contributed by atoms with E-state index < -0.39 is 0 Å². The average Bonchev–Trinajstić information content (AvgIpc) is 3.11. The fourth-order valence-electron chi connectivity index (χ4n) is 3.08. The topological polar surface area (TPSA) is 76.6 Å². The van der Waals surface area contributed by atoms with Gasteiger partial charge in [-0.25, -0.2) is 9.97 Å². The molecule has 126 valence electrons. The summed E-state index contributed by atoms with van der Waals surface area (Å²) in [6.07, 6.45) is 6.68. The van der Waals surface area contributed by atoms with Crippen molar-refractivity contribution in [1.82, 2.24) is 14.9 Å². The third-order valence-electron chi connectivity index (χ3n) is 4.30. The lowest BCUT2D eigenvalue weighted by Crippen LogP contribution is -2.46. The van der Waals surface area contributed by atoms with Crippen molar-refractivity contribution in [1.29, 1.82) is 0 Å². The molecule has 2 aliphatic rings. The summed E-state index contributed by atoms with van der Waals surface area (Å²) < 4.78 is 11.0. The van der Waals surface area contributed by atoms with Gasteiger partial charge in [-0.1, -0.05) is 0 Å². The fraction of sp³-hybridized carbons (Fsp3) is 0.688. The van der Waals surface area contributed by atoms with E-state index in [0.717, 1.165) is 38.8 Å². The van der Waals surface area contributed by atoms with Crippen LogP contribution in [0.2, 0.25) is 0 Å². The molecule has 0 saturated carbocycles. The molecular weight excluding hydrogens is 296 g/mol. The lowest BCUT2D eigenvalue weighted by Gasteiger charge is -2.33. The number of carbonyl (C=O) groups is 1. The minimum Gasteiger partial charge on any atom is -0.475 e. The quantitative estimate of drug-likeness (QED) is 0.885. The molecule has 0 aromatic carbocycles. The van der Waals surface area contributed by atoms with Crippen molar-refractivity contribution in [3.8, 4) is 5.88 Å². The highest BCUT2D eigenvalue weighted by Crippen LogP contribution is 2.23. The van der Waals surface area contributed by atoms with E-state index in [0.29, 0.717) is 24.9 Å². The summed E-state index contributed by atoms with van der Waals surface area (Å²) in [7, 11) is 0. The Morgan fingerprint density at radius 3 is 2.83 bits per heavy atom. The molecule has 0 aliphatic carbocycles. The fourth-order valence-corrected chi connectivity index (χ4v) is 3.08. The summed E-state index contributed by atoms with van der Waals surface area (Å²) in [6.45, 7) is 4.69. The number of amides is 1. The first-order valence-electron chi connectivity index (χ1n) is 8.38. The molecule has 2 fully saturated rings. The van der Waals surface area contributed by atoms with Crippen LogP contribution in [0.25, 0.3) is 0 Å². The van der Waals surface area contributed by atoms with Gasteiger partial charge in [-0.05, 0) is 32.6 Å². The Labute approximate surface area is 136 Å². The second-order valence-electron chi connectivity index (χ2n) is 5.89. The molecule has 7 nitrogen and oxygen atoms in total. The van der Waals surface area contributed by atoms with Gasteiger partial charge in [0.15, 0.2) is 5.82 Å². The first-order chi connectivity index (χ1) is 11.3. The van der Waals surface area contributed by atoms with Crippen LogP contribution in [0.15, 0.2) is 12.4 Å². The first kappa shape index (κ1) is 16.0. The molecule has 1 aromatic heterocycles. The molecule has 1 aromatic rings. The molecular formula is C16H24N4O3. The predicted molar refractivity (Wildman–Crippen MR) is 85.4 cm³/mol. The summed E-state index contributed by atoms with van der Waals surface area (Å²) in [5.41, 5.74) is 0. The number of hydrogen-bond acceptors (Lipinski definition) is 6. The Morgan fingerprint density at radius 1 is 1.35 bits per heavy atom. The Bertz CT molecular complexity index is 526. The number of piperidine rings is 1. The second-order valence-corrected chi connectivity index (χ2v) is 5.89. The zero-order chi connectivity index (χ0) is 16.1. The molecule has 23 heavy (non-hydrogen) atoms. The van der Waals surface area contributed by atoms with Crippen LogP contribution in [0.4, 0.5) is 5.82 Å². The van der Waals surface area contributed by atoms with Crippen LogP contribution in [-0.2, 0) is 9.53 Å². The number of nitrogens with zero attached hydrogens (tertiary/aromatic N) is 3. The van der Waals surface area contributed by atoms with Crippen LogP contribution in [0.5, 0.6) is 5.88 Å². The van der Waals surface area contributed by atoms with Gasteiger partial charge in [-0.2, -0.15) is 0 Å². The highest BCUT2D eigenvalue weighted by atomic mass is 16.5. The number of hydrogen-bond donors (Lipinski definition) is 1. The molecule has 3 heterocycles. The molecule has 2 aliphatic heterocycles. The molecule has 1 amide bonds. The first-order valence-corrected chi connectivity index (χ1v) is 8.38. The lowest BCUT2D eigenvalue weighted by atomic mass is 10.0. The van der Waals surface area contributed by atoms with Gasteiger partial charge in [0.05, 0.1) is 6.61 Å². The third-order valence-corrected chi connectivity index (χ3v) is 4.30. The number of likely N-dealkylation sites (tertiary alicyclic amines) is 1. The van der Waals surface area contributed by atoms with Crippen LogP contribution >= 0.6 is 0 Å². The zero-order valence-electron chi connectivity index (χ0n) is 13.5. The van der Waals surface area contributed by atoms with E-state index >= 15 is 0 Å². The standard InChI is InChI=1S/C16H24N4O3/c1-2-22-15-14(17-7-8-18-15)19-12-5-9-20(10-6-12)16(21)13-4-3-11-23-13/h7-8,12-13H,2-6,9-11H2,1H3,(H,17,19)/t13-/m1/s1. The van der Waals surface area contributed by atoms with Crippen LogP contribution < -0.4 is 10.1 Å². The van der Waals surface area contributed by atoms with Crippen molar-refractivity contribution in [2.75, 3.05) is 31.6 Å². The van der Waals surface area contributed by atoms with Gasteiger partial charge < -0.3 is 19.7 Å². The summed E-state index contributed by atoms with van der Waals surface area (Å²) >= 11 is 0. The largest absolute Gasteiger partial charge is 0.475 e. The molecule has 7 heteroatoms. The summed E-state index contributed by atoms with van der Waals surface area (Å²) in [6, 6.07) is 0.277. The van der Waals surface area contributed by atoms with Gasteiger partial charge in [-0.3, -0.25) is 4.79 Å². The van der Waals surface area contributed by atoms with Crippen molar-refractivity contribution < 1.29 is 14.3 Å². The van der Waals surface area contributed by atoms with Gasteiger partial charge in [0.25, 0.3) is 11.8 Å². The summed E-state index contributed by atoms with van der Waals surface area (Å²) in [4.78, 5) is 22.8. The monoisotopic (exact) mass is 320 g/mol. The minimum absolute atomic E-state index is 0.149. The van der Waals surface area contributed by atoms with Crippen molar-refractivity contribution in [3.05, 3.63) is 12.4 Å². The summed E-state index contributed by atoms with van der Waals surface area (Å²) in [5.74, 6) is 1.36. The molecule has 1 atom stereocenters. The number of aromatic nitrogens is 2.